The topological polar surface area (TPSA) is 38.3 Å². The molecule has 0 heterocycles. The Morgan fingerprint density at radius 2 is 1.62 bits per heavy atom. The summed E-state index contributed by atoms with van der Waals surface area (Å²) < 4.78 is 5.29. The Morgan fingerprint density at radius 1 is 1.15 bits per heavy atom. The van der Waals surface area contributed by atoms with Crippen molar-refractivity contribution < 1.29 is 9.22 Å². The van der Waals surface area contributed by atoms with Gasteiger partial charge in [-0.05, 0) is 19.6 Å². The molecule has 0 bridgehead atoms. The molecule has 78 valence electrons. The summed E-state index contributed by atoms with van der Waals surface area (Å²) in [5.41, 5.74) is 0. The summed E-state index contributed by atoms with van der Waals surface area (Å²) in [5, 5.41) is 0. The van der Waals surface area contributed by atoms with Crippen LogP contribution in [0.1, 0.15) is 0 Å². The molecule has 0 rings (SSSR count). The van der Waals surface area contributed by atoms with Gasteiger partial charge in [0.25, 0.3) is 0 Å². The second kappa shape index (κ2) is 4.39. The van der Waals surface area contributed by atoms with Gasteiger partial charge in [0.05, 0.1) is 6.54 Å². The molecule has 0 unspecified atom stereocenters. The van der Waals surface area contributed by atoms with Gasteiger partial charge < -0.3 is 9.41 Å². The lowest BCUT2D eigenvalue weighted by molar-refractivity contribution is -0.133. The maximum absolute atomic E-state index is 11.3. The van der Waals surface area contributed by atoms with E-state index >= 15 is 0 Å². The third-order valence-electron chi connectivity index (χ3n) is 1.18. The van der Waals surface area contributed by atoms with Crippen LogP contribution in [0, 0.1) is 0 Å². The molecule has 0 aliphatic carbocycles. The minimum absolute atomic E-state index is 0.110. The second-order valence-corrected chi connectivity index (χ2v) is 14.5. The van der Waals surface area contributed by atoms with Gasteiger partial charge in [-0.25, -0.2) is 0 Å². The molecule has 0 aromatic carbocycles. The Hall–Kier alpha value is -0.136. The molecule has 0 radical (unpaired) electrons. The van der Waals surface area contributed by atoms with Gasteiger partial charge in [0, 0.05) is 0 Å². The fraction of sp³-hybridized carbons (Fsp3) is 0.875. The van der Waals surface area contributed by atoms with E-state index in [1.807, 2.05) is 19.6 Å². The summed E-state index contributed by atoms with van der Waals surface area (Å²) in [6.45, 7) is 12.9. The Bertz CT molecular complexity index is 182. The van der Waals surface area contributed by atoms with Gasteiger partial charge in [0.1, 0.15) is 8.24 Å². The van der Waals surface area contributed by atoms with Crippen LogP contribution in [-0.4, -0.2) is 29.1 Å². The Balaban J connectivity index is 3.78. The normalized spacial score (nSPS) is 12.8. The Morgan fingerprint density at radius 3 is 1.92 bits per heavy atom. The summed E-state index contributed by atoms with van der Waals surface area (Å²) >= 11 is 0. The van der Waals surface area contributed by atoms with Gasteiger partial charge in [-0.15, -0.1) is 0 Å². The lowest BCUT2D eigenvalue weighted by Gasteiger charge is -2.21. The highest BCUT2D eigenvalue weighted by Crippen LogP contribution is 2.02. The minimum atomic E-state index is -1.69. The molecule has 13 heavy (non-hydrogen) atoms. The summed E-state index contributed by atoms with van der Waals surface area (Å²) in [7, 11) is -3.02. The van der Waals surface area contributed by atoms with Crippen LogP contribution >= 0.6 is 0 Å². The van der Waals surface area contributed by atoms with Crippen LogP contribution in [0.25, 0.3) is 0 Å². The number of rotatable bonds is 4. The van der Waals surface area contributed by atoms with Crippen LogP contribution in [-0.2, 0) is 9.22 Å². The van der Waals surface area contributed by atoms with E-state index in [1.165, 1.54) is 0 Å². The smallest absolute Gasteiger partial charge is 0.305 e. The van der Waals surface area contributed by atoms with Crippen LogP contribution < -0.4 is 4.98 Å². The van der Waals surface area contributed by atoms with Gasteiger partial charge in [-0.3, -0.25) is 4.79 Å². The number of carbonyl (C=O) groups is 1. The fourth-order valence-corrected chi connectivity index (χ4v) is 2.14. The quantitative estimate of drug-likeness (QED) is 0.733. The maximum atomic E-state index is 11.3. The van der Waals surface area contributed by atoms with Crippen LogP contribution in [0.3, 0.4) is 0 Å². The van der Waals surface area contributed by atoms with Crippen molar-refractivity contribution in [3.63, 3.8) is 0 Å². The predicted molar refractivity (Wildman–Crippen MR) is 60.8 cm³/mol. The van der Waals surface area contributed by atoms with Crippen molar-refractivity contribution in [2.75, 3.05) is 6.54 Å². The molecular weight excluding hydrogens is 198 g/mol. The number of carbonyl (C=O) groups excluding carboxylic acids is 1. The van der Waals surface area contributed by atoms with E-state index in [2.05, 4.69) is 24.6 Å². The van der Waals surface area contributed by atoms with E-state index in [1.54, 1.807) is 0 Å². The van der Waals surface area contributed by atoms with E-state index in [9.17, 15) is 4.79 Å². The van der Waals surface area contributed by atoms with E-state index in [-0.39, 0.29) is 5.97 Å². The molecule has 0 spiro atoms. The van der Waals surface area contributed by atoms with Gasteiger partial charge in [-0.2, -0.15) is 0 Å². The highest BCUT2D eigenvalue weighted by atomic mass is 28.4. The molecule has 0 atom stereocenters. The lowest BCUT2D eigenvalue weighted by atomic mass is 10.7. The molecule has 0 fully saturated rings. The molecule has 5 heteroatoms. The standard InChI is InChI=1S/C8H21NO2Si2/c1-12(2,3)9-7-8(10)11-13(4,5)6/h9H,7H2,1-6H3. The zero-order valence-electron chi connectivity index (χ0n) is 9.52. The van der Waals surface area contributed by atoms with Crippen molar-refractivity contribution in [1.82, 2.24) is 4.98 Å². The van der Waals surface area contributed by atoms with Gasteiger partial charge in [-0.1, -0.05) is 19.6 Å². The zero-order valence-corrected chi connectivity index (χ0v) is 11.5. The van der Waals surface area contributed by atoms with Crippen LogP contribution in [0.2, 0.25) is 39.3 Å². The second-order valence-electron chi connectivity index (χ2n) is 5.19. The average molecular weight is 219 g/mol. The van der Waals surface area contributed by atoms with Crippen molar-refractivity contribution >= 4 is 22.5 Å². The number of hydrogen-bond acceptors (Lipinski definition) is 3. The lowest BCUT2D eigenvalue weighted by Crippen LogP contribution is -2.46. The zero-order chi connectivity index (χ0) is 10.7. The molecule has 0 saturated heterocycles. The summed E-state index contributed by atoms with van der Waals surface area (Å²) in [6.07, 6.45) is 0. The van der Waals surface area contributed by atoms with Gasteiger partial charge in [0.2, 0.25) is 8.32 Å². The third kappa shape index (κ3) is 9.78. The van der Waals surface area contributed by atoms with Crippen LogP contribution in [0.4, 0.5) is 0 Å². The maximum Gasteiger partial charge on any atom is 0.305 e. The van der Waals surface area contributed by atoms with Crippen molar-refractivity contribution in [2.45, 2.75) is 39.3 Å². The summed E-state index contributed by atoms with van der Waals surface area (Å²) in [5.74, 6) is -0.110. The summed E-state index contributed by atoms with van der Waals surface area (Å²) in [6, 6.07) is 0. The highest BCUT2D eigenvalue weighted by Gasteiger charge is 2.21. The Kier molecular flexibility index (Phi) is 4.34. The number of nitrogens with one attached hydrogen (secondary N) is 1. The Labute approximate surface area is 83.1 Å². The molecule has 1 N–H and O–H groups in total. The van der Waals surface area contributed by atoms with E-state index < -0.39 is 16.6 Å². The molecule has 0 aliphatic heterocycles. The predicted octanol–water partition coefficient (Wildman–Crippen LogP) is 1.79. The molecule has 0 saturated carbocycles. The largest absolute Gasteiger partial charge is 0.519 e. The van der Waals surface area contributed by atoms with Crippen molar-refractivity contribution in [2.24, 2.45) is 0 Å². The first-order valence-electron chi connectivity index (χ1n) is 4.57. The SMILES string of the molecule is C[Si](C)(C)NCC(=O)O[Si](C)(C)C. The fourth-order valence-electron chi connectivity index (χ4n) is 0.715. The molecule has 0 aliphatic rings. The summed E-state index contributed by atoms with van der Waals surface area (Å²) in [4.78, 5) is 14.5. The minimum Gasteiger partial charge on any atom is -0.519 e. The highest BCUT2D eigenvalue weighted by molar-refractivity contribution is 6.74. The van der Waals surface area contributed by atoms with Gasteiger partial charge in [0.15, 0.2) is 0 Å². The van der Waals surface area contributed by atoms with Crippen LogP contribution in [0.15, 0.2) is 0 Å². The van der Waals surface area contributed by atoms with E-state index in [0.29, 0.717) is 6.54 Å². The van der Waals surface area contributed by atoms with Crippen LogP contribution in [0.5, 0.6) is 0 Å². The molecular formula is C8H21NO2Si2. The van der Waals surface area contributed by atoms with Crippen molar-refractivity contribution in [3.8, 4) is 0 Å². The van der Waals surface area contributed by atoms with E-state index in [4.69, 9.17) is 4.43 Å². The first kappa shape index (κ1) is 12.9. The van der Waals surface area contributed by atoms with E-state index in [0.717, 1.165) is 0 Å². The molecule has 3 nitrogen and oxygen atoms in total. The van der Waals surface area contributed by atoms with Crippen molar-refractivity contribution in [1.29, 1.82) is 0 Å². The molecule has 0 amide bonds. The first-order chi connectivity index (χ1) is 5.60. The molecule has 0 aromatic rings. The molecule has 0 aromatic heterocycles. The van der Waals surface area contributed by atoms with Crippen molar-refractivity contribution in [3.05, 3.63) is 0 Å². The monoisotopic (exact) mass is 219 g/mol. The van der Waals surface area contributed by atoms with Gasteiger partial charge >= 0.3 is 5.97 Å². The third-order valence-corrected chi connectivity index (χ3v) is 3.26. The first-order valence-corrected chi connectivity index (χ1v) is 11.5. The average Bonchev–Trinajstić information content (AvgIpc) is 1.78. The number of hydrogen-bond donors (Lipinski definition) is 1.